The van der Waals surface area contributed by atoms with Crippen LogP contribution in [0.4, 0.5) is 0 Å². The highest BCUT2D eigenvalue weighted by atomic mass is 16.5. The van der Waals surface area contributed by atoms with Gasteiger partial charge in [0.25, 0.3) is 0 Å². The minimum Gasteiger partial charge on any atom is -0.469 e. The van der Waals surface area contributed by atoms with Gasteiger partial charge >= 0.3 is 5.97 Å². The molecule has 0 amide bonds. The first-order valence-electron chi connectivity index (χ1n) is 7.72. The molecule has 2 rings (SSSR count). The summed E-state index contributed by atoms with van der Waals surface area (Å²) in [6.45, 7) is 4.61. The van der Waals surface area contributed by atoms with Gasteiger partial charge in [0, 0.05) is 19.1 Å². The summed E-state index contributed by atoms with van der Waals surface area (Å²) in [5, 5.41) is 0. The van der Waals surface area contributed by atoms with E-state index in [-0.39, 0.29) is 11.9 Å². The number of nitrogens with two attached hydrogens (primary N) is 1. The topological polar surface area (TPSA) is 55.6 Å². The van der Waals surface area contributed by atoms with Crippen molar-refractivity contribution < 1.29 is 9.53 Å². The van der Waals surface area contributed by atoms with Crippen LogP contribution in [-0.2, 0) is 9.53 Å². The summed E-state index contributed by atoms with van der Waals surface area (Å²) in [4.78, 5) is 14.5. The van der Waals surface area contributed by atoms with Crippen LogP contribution in [0.2, 0.25) is 0 Å². The van der Waals surface area contributed by atoms with Crippen LogP contribution in [0.5, 0.6) is 0 Å². The van der Waals surface area contributed by atoms with Crippen molar-refractivity contribution >= 4 is 5.97 Å². The van der Waals surface area contributed by atoms with Crippen molar-refractivity contribution in [3.05, 3.63) is 35.9 Å². The Morgan fingerprint density at radius 2 is 2.14 bits per heavy atom. The van der Waals surface area contributed by atoms with Crippen molar-refractivity contribution in [3.8, 4) is 0 Å². The molecule has 0 bridgehead atoms. The fraction of sp³-hybridized carbons (Fsp3) is 0.588. The van der Waals surface area contributed by atoms with Crippen LogP contribution in [0.1, 0.15) is 31.2 Å². The zero-order valence-electron chi connectivity index (χ0n) is 13.0. The number of piperidine rings is 1. The molecule has 1 fully saturated rings. The standard InChI is InChI=1S/C17H26N2O2/c1-13-8-9-19(15(10-13)11-18)12-16(17(20)21-2)14-6-4-3-5-7-14/h3-7,13,15-16H,8-12,18H2,1-2H3. The number of rotatable bonds is 5. The quantitative estimate of drug-likeness (QED) is 0.843. The van der Waals surface area contributed by atoms with E-state index in [9.17, 15) is 4.79 Å². The van der Waals surface area contributed by atoms with Gasteiger partial charge in [-0.3, -0.25) is 9.69 Å². The lowest BCUT2D eigenvalue weighted by atomic mass is 9.90. The summed E-state index contributed by atoms with van der Waals surface area (Å²) in [5.74, 6) is 0.303. The number of carbonyl (C=O) groups excluding carboxylic acids is 1. The molecule has 2 N–H and O–H groups in total. The number of hydrogen-bond donors (Lipinski definition) is 1. The van der Waals surface area contributed by atoms with E-state index in [0.29, 0.717) is 25.0 Å². The van der Waals surface area contributed by atoms with Crippen molar-refractivity contribution in [1.82, 2.24) is 4.90 Å². The Labute approximate surface area is 127 Å². The highest BCUT2D eigenvalue weighted by Crippen LogP contribution is 2.26. The number of benzene rings is 1. The molecule has 1 aromatic rings. The lowest BCUT2D eigenvalue weighted by molar-refractivity contribution is -0.143. The maximum absolute atomic E-state index is 12.2. The molecule has 4 heteroatoms. The molecule has 1 saturated heterocycles. The second kappa shape index (κ2) is 7.57. The van der Waals surface area contributed by atoms with E-state index < -0.39 is 0 Å². The first-order valence-corrected chi connectivity index (χ1v) is 7.72. The minimum atomic E-state index is -0.237. The molecule has 4 nitrogen and oxygen atoms in total. The van der Waals surface area contributed by atoms with Gasteiger partial charge in [0.15, 0.2) is 0 Å². The minimum absolute atomic E-state index is 0.171. The van der Waals surface area contributed by atoms with Crippen molar-refractivity contribution in [3.63, 3.8) is 0 Å². The third-order valence-corrected chi connectivity index (χ3v) is 4.48. The maximum atomic E-state index is 12.2. The molecule has 1 heterocycles. The second-order valence-corrected chi connectivity index (χ2v) is 6.00. The molecule has 1 aliphatic heterocycles. The smallest absolute Gasteiger partial charge is 0.314 e. The highest BCUT2D eigenvalue weighted by molar-refractivity contribution is 5.78. The molecule has 0 saturated carbocycles. The van der Waals surface area contributed by atoms with Crippen LogP contribution < -0.4 is 5.73 Å². The largest absolute Gasteiger partial charge is 0.469 e. The summed E-state index contributed by atoms with van der Waals surface area (Å²) in [6, 6.07) is 10.2. The predicted octanol–water partition coefficient (Wildman–Crippen LogP) is 2.00. The van der Waals surface area contributed by atoms with Crippen LogP contribution in [0.3, 0.4) is 0 Å². The van der Waals surface area contributed by atoms with Gasteiger partial charge < -0.3 is 10.5 Å². The number of hydrogen-bond acceptors (Lipinski definition) is 4. The lowest BCUT2D eigenvalue weighted by Crippen LogP contribution is -2.48. The molecular weight excluding hydrogens is 264 g/mol. The van der Waals surface area contributed by atoms with Crippen LogP contribution in [0.15, 0.2) is 30.3 Å². The van der Waals surface area contributed by atoms with E-state index in [1.54, 1.807) is 0 Å². The van der Waals surface area contributed by atoms with Gasteiger partial charge in [-0.2, -0.15) is 0 Å². The molecule has 3 unspecified atom stereocenters. The zero-order chi connectivity index (χ0) is 15.2. The lowest BCUT2D eigenvalue weighted by Gasteiger charge is -2.39. The Bertz CT molecular complexity index is 449. The van der Waals surface area contributed by atoms with Gasteiger partial charge in [-0.05, 0) is 30.9 Å². The molecule has 116 valence electrons. The van der Waals surface area contributed by atoms with E-state index in [0.717, 1.165) is 18.5 Å². The van der Waals surface area contributed by atoms with Crippen LogP contribution >= 0.6 is 0 Å². The number of likely N-dealkylation sites (tertiary alicyclic amines) is 1. The Balaban J connectivity index is 2.13. The van der Waals surface area contributed by atoms with Crippen LogP contribution in [0, 0.1) is 5.92 Å². The molecular formula is C17H26N2O2. The van der Waals surface area contributed by atoms with E-state index in [1.807, 2.05) is 30.3 Å². The number of carbonyl (C=O) groups is 1. The average Bonchev–Trinajstić information content (AvgIpc) is 2.53. The van der Waals surface area contributed by atoms with Crippen LogP contribution in [-0.4, -0.2) is 43.7 Å². The fourth-order valence-electron chi connectivity index (χ4n) is 3.16. The molecule has 0 spiro atoms. The zero-order valence-corrected chi connectivity index (χ0v) is 13.0. The molecule has 0 aliphatic carbocycles. The summed E-state index contributed by atoms with van der Waals surface area (Å²) in [7, 11) is 1.46. The summed E-state index contributed by atoms with van der Waals surface area (Å²) >= 11 is 0. The van der Waals surface area contributed by atoms with Gasteiger partial charge in [-0.1, -0.05) is 37.3 Å². The summed E-state index contributed by atoms with van der Waals surface area (Å²) in [6.07, 6.45) is 2.28. The average molecular weight is 290 g/mol. The van der Waals surface area contributed by atoms with Gasteiger partial charge in [0.2, 0.25) is 0 Å². The molecule has 1 aromatic carbocycles. The van der Waals surface area contributed by atoms with Crippen molar-refractivity contribution in [2.45, 2.75) is 31.7 Å². The number of nitrogens with zero attached hydrogens (tertiary/aromatic N) is 1. The third kappa shape index (κ3) is 4.05. The van der Waals surface area contributed by atoms with E-state index in [2.05, 4.69) is 11.8 Å². The molecule has 21 heavy (non-hydrogen) atoms. The summed E-state index contributed by atoms with van der Waals surface area (Å²) < 4.78 is 5.00. The Morgan fingerprint density at radius 1 is 1.43 bits per heavy atom. The van der Waals surface area contributed by atoms with Gasteiger partial charge in [-0.15, -0.1) is 0 Å². The SMILES string of the molecule is COC(=O)C(CN1CCC(C)CC1CN)c1ccccc1. The Hall–Kier alpha value is -1.39. The number of methoxy groups -OCH3 is 1. The normalized spacial score (nSPS) is 24.5. The second-order valence-electron chi connectivity index (χ2n) is 6.00. The molecule has 0 radical (unpaired) electrons. The van der Waals surface area contributed by atoms with Gasteiger partial charge in [0.05, 0.1) is 13.0 Å². The van der Waals surface area contributed by atoms with Gasteiger partial charge in [-0.25, -0.2) is 0 Å². The van der Waals surface area contributed by atoms with Gasteiger partial charge in [0.1, 0.15) is 0 Å². The van der Waals surface area contributed by atoms with E-state index in [1.165, 1.54) is 13.5 Å². The van der Waals surface area contributed by atoms with Crippen molar-refractivity contribution in [2.24, 2.45) is 11.7 Å². The molecule has 1 aliphatic rings. The van der Waals surface area contributed by atoms with E-state index in [4.69, 9.17) is 10.5 Å². The first kappa shape index (κ1) is 16.0. The molecule has 3 atom stereocenters. The highest BCUT2D eigenvalue weighted by Gasteiger charge is 2.30. The Morgan fingerprint density at radius 3 is 2.76 bits per heavy atom. The number of esters is 1. The maximum Gasteiger partial charge on any atom is 0.314 e. The fourth-order valence-corrected chi connectivity index (χ4v) is 3.16. The summed E-state index contributed by atoms with van der Waals surface area (Å²) in [5.41, 5.74) is 6.93. The Kier molecular flexibility index (Phi) is 5.76. The molecule has 0 aromatic heterocycles. The third-order valence-electron chi connectivity index (χ3n) is 4.48. The monoisotopic (exact) mass is 290 g/mol. The van der Waals surface area contributed by atoms with Crippen molar-refractivity contribution in [1.29, 1.82) is 0 Å². The van der Waals surface area contributed by atoms with E-state index >= 15 is 0 Å². The van der Waals surface area contributed by atoms with Crippen molar-refractivity contribution in [2.75, 3.05) is 26.7 Å². The predicted molar refractivity (Wildman–Crippen MR) is 84.0 cm³/mol. The first-order chi connectivity index (χ1) is 10.2. The number of ether oxygens (including phenoxy) is 1. The van der Waals surface area contributed by atoms with Crippen LogP contribution in [0.25, 0.3) is 0 Å².